The largest absolute Gasteiger partial charge is 0.493 e. The first-order chi connectivity index (χ1) is 13.6. The average molecular weight is 399 g/mol. The summed E-state index contributed by atoms with van der Waals surface area (Å²) in [5.74, 6) is 1.82. The van der Waals surface area contributed by atoms with Crippen molar-refractivity contribution in [1.82, 2.24) is 24.1 Å². The number of hydrogen-bond acceptors (Lipinski definition) is 8. The van der Waals surface area contributed by atoms with Gasteiger partial charge in [-0.05, 0) is 12.3 Å². The molecule has 0 aliphatic carbocycles. The number of ether oxygens (including phenoxy) is 3. The third-order valence-corrected chi connectivity index (χ3v) is 4.86. The SMILES string of the molecule is COc1cc(-n2ccc3c(cnc4nc(SC)nn43)c2=O)cc(OC)c1OC. The van der Waals surface area contributed by atoms with E-state index in [1.165, 1.54) is 43.9 Å². The van der Waals surface area contributed by atoms with Crippen LogP contribution >= 0.6 is 11.8 Å². The molecule has 9 nitrogen and oxygen atoms in total. The summed E-state index contributed by atoms with van der Waals surface area (Å²) in [6, 6.07) is 5.22. The Morgan fingerprint density at radius 2 is 1.79 bits per heavy atom. The Morgan fingerprint density at radius 3 is 2.39 bits per heavy atom. The molecular formula is C18H17N5O4S. The van der Waals surface area contributed by atoms with E-state index in [1.54, 1.807) is 28.9 Å². The molecule has 0 atom stereocenters. The number of fused-ring (bicyclic) bond motifs is 3. The van der Waals surface area contributed by atoms with E-state index in [1.807, 2.05) is 6.26 Å². The fourth-order valence-corrected chi connectivity index (χ4v) is 3.33. The van der Waals surface area contributed by atoms with Gasteiger partial charge in [-0.15, -0.1) is 5.10 Å². The normalized spacial score (nSPS) is 11.1. The molecule has 10 heteroatoms. The van der Waals surface area contributed by atoms with Crippen molar-refractivity contribution in [3.05, 3.63) is 40.9 Å². The predicted molar refractivity (Wildman–Crippen MR) is 105 cm³/mol. The molecule has 4 aromatic rings. The monoisotopic (exact) mass is 399 g/mol. The lowest BCUT2D eigenvalue weighted by molar-refractivity contribution is 0.324. The van der Waals surface area contributed by atoms with E-state index in [2.05, 4.69) is 15.1 Å². The van der Waals surface area contributed by atoms with Gasteiger partial charge in [0, 0.05) is 24.5 Å². The van der Waals surface area contributed by atoms with Crippen molar-refractivity contribution in [2.75, 3.05) is 27.6 Å². The predicted octanol–water partition coefficient (Wildman–Crippen LogP) is 2.18. The minimum atomic E-state index is -0.248. The highest BCUT2D eigenvalue weighted by Gasteiger charge is 2.16. The molecule has 0 saturated carbocycles. The molecule has 0 aliphatic heterocycles. The Morgan fingerprint density at radius 1 is 1.07 bits per heavy atom. The van der Waals surface area contributed by atoms with Crippen LogP contribution in [0.5, 0.6) is 17.2 Å². The van der Waals surface area contributed by atoms with Gasteiger partial charge in [0.1, 0.15) is 0 Å². The zero-order valence-corrected chi connectivity index (χ0v) is 16.5. The van der Waals surface area contributed by atoms with Gasteiger partial charge < -0.3 is 14.2 Å². The van der Waals surface area contributed by atoms with Crippen LogP contribution in [0.1, 0.15) is 0 Å². The summed E-state index contributed by atoms with van der Waals surface area (Å²) < 4.78 is 19.2. The van der Waals surface area contributed by atoms with Gasteiger partial charge in [-0.25, -0.2) is 4.98 Å². The molecule has 0 bridgehead atoms. The maximum atomic E-state index is 13.1. The quantitative estimate of drug-likeness (QED) is 0.472. The van der Waals surface area contributed by atoms with E-state index in [4.69, 9.17) is 14.2 Å². The van der Waals surface area contributed by atoms with Crippen molar-refractivity contribution in [2.24, 2.45) is 0 Å². The van der Waals surface area contributed by atoms with Crippen LogP contribution in [-0.4, -0.2) is 51.7 Å². The van der Waals surface area contributed by atoms with Gasteiger partial charge in [-0.3, -0.25) is 9.36 Å². The van der Waals surface area contributed by atoms with Crippen LogP contribution in [0.15, 0.2) is 40.5 Å². The summed E-state index contributed by atoms with van der Waals surface area (Å²) in [6.07, 6.45) is 5.07. The molecule has 1 aromatic carbocycles. The molecule has 0 fully saturated rings. The van der Waals surface area contributed by atoms with Crippen LogP contribution in [0.3, 0.4) is 0 Å². The first-order valence-corrected chi connectivity index (χ1v) is 9.45. The van der Waals surface area contributed by atoms with Gasteiger partial charge in [0.25, 0.3) is 11.3 Å². The molecule has 0 saturated heterocycles. The summed E-state index contributed by atoms with van der Waals surface area (Å²) in [5, 5.41) is 5.39. The van der Waals surface area contributed by atoms with Crippen LogP contribution in [0, 0.1) is 0 Å². The minimum absolute atomic E-state index is 0.248. The molecular weight excluding hydrogens is 382 g/mol. The second kappa shape index (κ2) is 7.04. The zero-order chi connectivity index (χ0) is 19.8. The van der Waals surface area contributed by atoms with Crippen molar-refractivity contribution in [3.63, 3.8) is 0 Å². The molecule has 0 N–H and O–H groups in total. The van der Waals surface area contributed by atoms with Crippen molar-refractivity contribution in [2.45, 2.75) is 5.16 Å². The van der Waals surface area contributed by atoms with Crippen LogP contribution in [0.2, 0.25) is 0 Å². The van der Waals surface area contributed by atoms with Crippen LogP contribution in [0.4, 0.5) is 0 Å². The van der Waals surface area contributed by atoms with E-state index in [9.17, 15) is 4.79 Å². The molecule has 144 valence electrons. The van der Waals surface area contributed by atoms with Gasteiger partial charge in [-0.2, -0.15) is 9.50 Å². The Balaban J connectivity index is 1.96. The first kappa shape index (κ1) is 18.1. The van der Waals surface area contributed by atoms with Gasteiger partial charge in [0.15, 0.2) is 11.5 Å². The fraction of sp³-hybridized carbons (Fsp3) is 0.222. The van der Waals surface area contributed by atoms with E-state index < -0.39 is 0 Å². The highest BCUT2D eigenvalue weighted by molar-refractivity contribution is 7.98. The zero-order valence-electron chi connectivity index (χ0n) is 15.7. The Kier molecular flexibility index (Phi) is 4.55. The molecule has 0 radical (unpaired) electrons. The number of nitrogens with zero attached hydrogens (tertiary/aromatic N) is 5. The summed E-state index contributed by atoms with van der Waals surface area (Å²) >= 11 is 1.41. The molecule has 0 unspecified atom stereocenters. The van der Waals surface area contributed by atoms with Gasteiger partial charge >= 0.3 is 0 Å². The molecule has 0 amide bonds. The van der Waals surface area contributed by atoms with Crippen molar-refractivity contribution in [3.8, 4) is 22.9 Å². The highest BCUT2D eigenvalue weighted by atomic mass is 32.2. The lowest BCUT2D eigenvalue weighted by Crippen LogP contribution is -2.19. The molecule has 3 heterocycles. The van der Waals surface area contributed by atoms with E-state index in [-0.39, 0.29) is 5.56 Å². The second-order valence-electron chi connectivity index (χ2n) is 5.74. The Hall–Kier alpha value is -3.27. The van der Waals surface area contributed by atoms with Crippen LogP contribution in [0.25, 0.3) is 22.4 Å². The van der Waals surface area contributed by atoms with Crippen molar-refractivity contribution in [1.29, 1.82) is 0 Å². The number of aromatic nitrogens is 5. The van der Waals surface area contributed by atoms with Gasteiger partial charge in [0.2, 0.25) is 10.9 Å². The Labute approximate surface area is 163 Å². The van der Waals surface area contributed by atoms with Crippen molar-refractivity contribution < 1.29 is 14.2 Å². The summed E-state index contributed by atoms with van der Waals surface area (Å²) in [7, 11) is 4.58. The van der Waals surface area contributed by atoms with Crippen molar-refractivity contribution >= 4 is 28.4 Å². The average Bonchev–Trinajstić information content (AvgIpc) is 3.16. The first-order valence-electron chi connectivity index (χ1n) is 8.22. The van der Waals surface area contributed by atoms with Gasteiger partial charge in [0.05, 0.1) is 37.9 Å². The second-order valence-corrected chi connectivity index (χ2v) is 6.52. The van der Waals surface area contributed by atoms with E-state index in [0.717, 1.165) is 0 Å². The maximum absolute atomic E-state index is 13.1. The van der Waals surface area contributed by atoms with E-state index >= 15 is 0 Å². The number of methoxy groups -OCH3 is 3. The molecule has 0 aliphatic rings. The lowest BCUT2D eigenvalue weighted by Gasteiger charge is -2.15. The third-order valence-electron chi connectivity index (χ3n) is 4.32. The molecule has 28 heavy (non-hydrogen) atoms. The van der Waals surface area contributed by atoms with Crippen LogP contribution < -0.4 is 19.8 Å². The topological polar surface area (TPSA) is 92.8 Å². The molecule has 3 aromatic heterocycles. The molecule has 4 rings (SSSR count). The number of pyridine rings is 1. The number of hydrogen-bond donors (Lipinski definition) is 0. The number of rotatable bonds is 5. The third kappa shape index (κ3) is 2.73. The molecule has 0 spiro atoms. The summed E-state index contributed by atoms with van der Waals surface area (Å²) in [6.45, 7) is 0. The summed E-state index contributed by atoms with van der Waals surface area (Å²) in [5.41, 5.74) is 0.957. The number of benzene rings is 1. The highest BCUT2D eigenvalue weighted by Crippen LogP contribution is 2.39. The minimum Gasteiger partial charge on any atom is -0.493 e. The van der Waals surface area contributed by atoms with Crippen LogP contribution in [-0.2, 0) is 0 Å². The Bertz CT molecular complexity index is 1230. The smallest absolute Gasteiger partial charge is 0.266 e. The fourth-order valence-electron chi connectivity index (χ4n) is 3.00. The maximum Gasteiger partial charge on any atom is 0.266 e. The summed E-state index contributed by atoms with van der Waals surface area (Å²) in [4.78, 5) is 21.7. The lowest BCUT2D eigenvalue weighted by atomic mass is 10.2. The number of thioether (sulfide) groups is 1. The van der Waals surface area contributed by atoms with E-state index in [0.29, 0.717) is 44.8 Å². The standard InChI is InChI=1S/C18H17N5O4S/c1-25-13-7-10(8-14(26-2)15(13)27-3)22-6-5-12-11(16(22)24)9-19-17-20-18(28-4)21-23(12)17/h5-9H,1-4H3. The van der Waals surface area contributed by atoms with Gasteiger partial charge in [-0.1, -0.05) is 11.8 Å².